The molecular weight excluding hydrogens is 1170 g/mol. The maximum Gasteiger partial charge on any atom is 0.293 e. The molecule has 5 aliphatic rings. The number of nitrogens with zero attached hydrogens (tertiary/aromatic N) is 7. The van der Waals surface area contributed by atoms with E-state index in [2.05, 4.69) is 89.8 Å². The number of unbranched alkanes of at least 4 members (excludes halogenated alkanes) is 1. The summed E-state index contributed by atoms with van der Waals surface area (Å²) in [4.78, 5) is 81.5. The van der Waals surface area contributed by atoms with Crippen molar-refractivity contribution in [2.24, 2.45) is 11.3 Å². The molecule has 22 heteroatoms. The summed E-state index contributed by atoms with van der Waals surface area (Å²) in [5.41, 5.74) is 7.61. The number of rotatable bonds is 21. The molecule has 3 fully saturated rings. The minimum Gasteiger partial charge on any atom is -0.455 e. The zero-order valence-corrected chi connectivity index (χ0v) is 52.2. The minimum atomic E-state index is -4.62. The number of benzene rings is 4. The van der Waals surface area contributed by atoms with Crippen molar-refractivity contribution in [3.63, 3.8) is 0 Å². The van der Waals surface area contributed by atoms with Crippen LogP contribution in [0.4, 0.5) is 17.1 Å². The van der Waals surface area contributed by atoms with Crippen LogP contribution in [-0.2, 0) is 26.2 Å². The highest BCUT2D eigenvalue weighted by atomic mass is 35.5. The smallest absolute Gasteiger partial charge is 0.293 e. The number of piperidine rings is 2. The quantitative estimate of drug-likeness (QED) is 0.0173. The van der Waals surface area contributed by atoms with Crippen LogP contribution in [0.25, 0.3) is 16.6 Å². The number of H-pyrrole nitrogens is 1. The Morgan fingerprint density at radius 1 is 0.921 bits per heavy atom. The number of ether oxygens (including phenoxy) is 1. The van der Waals surface area contributed by atoms with Crippen molar-refractivity contribution in [3.8, 4) is 23.3 Å². The SMILES string of the molecule is CN(CCCC#Cc1cccc2c1CN(C1CCC(=O)NC1=O)C2=O)CCCN1CCC(CNc2ccc(S(=O)(=O)NC(=O)c3ccc(N4CCN(CC5=C(c6ccc(Cl)cc6)CC(C)(C)CC5)CC4)cc3Oc3cnc4[nH]ccc4c3)cc2[N+](=O)[O-])CC1. The van der Waals surface area contributed by atoms with Crippen molar-refractivity contribution in [1.29, 1.82) is 0 Å². The molecule has 0 bridgehead atoms. The van der Waals surface area contributed by atoms with Crippen molar-refractivity contribution in [2.75, 3.05) is 89.3 Å². The summed E-state index contributed by atoms with van der Waals surface area (Å²) < 4.78 is 36.5. The van der Waals surface area contributed by atoms with Crippen molar-refractivity contribution in [3.05, 3.63) is 152 Å². The Morgan fingerprint density at radius 3 is 2.48 bits per heavy atom. The number of halogens is 1. The highest BCUT2D eigenvalue weighted by molar-refractivity contribution is 7.90. The highest BCUT2D eigenvalue weighted by Crippen LogP contribution is 2.44. The third-order valence-corrected chi connectivity index (χ3v) is 19.6. The van der Waals surface area contributed by atoms with Gasteiger partial charge < -0.3 is 34.6 Å². The lowest BCUT2D eigenvalue weighted by Gasteiger charge is -2.39. The number of carbonyl (C=O) groups excluding carboxylic acids is 4. The summed E-state index contributed by atoms with van der Waals surface area (Å²) in [6.07, 6.45) is 11.3. The number of pyridine rings is 1. The first-order chi connectivity index (χ1) is 42.8. The molecule has 1 atom stereocenters. The number of aromatic nitrogens is 2. The molecule has 4 amide bonds. The monoisotopic (exact) mass is 1250 g/mol. The number of piperazine rings is 1. The standard InChI is InChI=1S/C67H76ClN11O9S/c1-67(2)26-22-49(56(40-67)47-12-14-50(68)15-13-47)43-76-33-35-77(36-34-76)51-16-18-55(61(38-51)88-52-37-48-23-27-69-63(48)71-42-52)64(81)73-89(86,87)53-17-19-58(60(39-53)79(84)85)70-41-45-24-31-75(32-25-45)30-8-29-74(3)28-6-4-5-9-46-10-7-11-54-57(46)44-78(66(54)83)59-20-21-62(80)72-65(59)82/h7,10-19,23,27,37-39,42,45,59,70H,4,6,8,20-22,24-26,28-36,40-41,43-44H2,1-3H3,(H,69,71)(H,73,81)(H,72,80,82). The summed E-state index contributed by atoms with van der Waals surface area (Å²) in [5, 5.41) is 19.6. The Kier molecular flexibility index (Phi) is 19.2. The predicted octanol–water partition coefficient (Wildman–Crippen LogP) is 9.86. The molecule has 466 valence electrons. The van der Waals surface area contributed by atoms with Crippen LogP contribution < -0.4 is 25.0 Å². The number of likely N-dealkylation sites (tertiary alicyclic amines) is 1. The third kappa shape index (κ3) is 15.1. The molecule has 4 aliphatic heterocycles. The molecule has 4 aromatic carbocycles. The number of amides is 4. The first-order valence-corrected chi connectivity index (χ1v) is 32.6. The number of sulfonamides is 1. The van der Waals surface area contributed by atoms with E-state index in [0.29, 0.717) is 56.0 Å². The second-order valence-corrected chi connectivity index (χ2v) is 27.0. The molecule has 6 aromatic rings. The minimum absolute atomic E-state index is 0.0500. The lowest BCUT2D eigenvalue weighted by Crippen LogP contribution is -2.52. The molecule has 1 unspecified atom stereocenters. The van der Waals surface area contributed by atoms with Gasteiger partial charge in [0.25, 0.3) is 27.5 Å². The second-order valence-electron chi connectivity index (χ2n) is 24.9. The number of allylic oxidation sites excluding steroid dienone is 1. The lowest BCUT2D eigenvalue weighted by molar-refractivity contribution is -0.384. The summed E-state index contributed by atoms with van der Waals surface area (Å²) in [6.45, 7) is 13.9. The van der Waals surface area contributed by atoms with E-state index in [9.17, 15) is 37.7 Å². The van der Waals surface area contributed by atoms with Crippen LogP contribution in [0.15, 0.2) is 114 Å². The van der Waals surface area contributed by atoms with Gasteiger partial charge in [0, 0.05) is 104 Å². The number of fused-ring (bicyclic) bond motifs is 2. The maximum atomic E-state index is 14.2. The van der Waals surface area contributed by atoms with Crippen molar-refractivity contribution < 1.29 is 37.3 Å². The number of carbonyl (C=O) groups is 4. The van der Waals surface area contributed by atoms with Gasteiger partial charge in [-0.25, -0.2) is 18.1 Å². The van der Waals surface area contributed by atoms with Crippen LogP contribution in [-0.4, -0.2) is 152 Å². The Labute approximate surface area is 524 Å². The topological polar surface area (TPSA) is 236 Å². The van der Waals surface area contributed by atoms with Gasteiger partial charge in [-0.15, -0.1) is 0 Å². The predicted molar refractivity (Wildman–Crippen MR) is 343 cm³/mol. The summed E-state index contributed by atoms with van der Waals surface area (Å²) in [5.74, 6) is 5.31. The number of aromatic amines is 1. The van der Waals surface area contributed by atoms with E-state index < -0.39 is 43.4 Å². The Bertz CT molecular complexity index is 3880. The number of nitro groups is 1. The average molecular weight is 1250 g/mol. The van der Waals surface area contributed by atoms with E-state index in [4.69, 9.17) is 16.3 Å². The molecule has 3 saturated heterocycles. The van der Waals surface area contributed by atoms with E-state index in [1.165, 1.54) is 35.0 Å². The summed E-state index contributed by atoms with van der Waals surface area (Å²) >= 11 is 6.28. The average Bonchev–Trinajstić information content (AvgIpc) is 1.83. The van der Waals surface area contributed by atoms with Gasteiger partial charge in [0.05, 0.1) is 21.6 Å². The van der Waals surface area contributed by atoms with Crippen LogP contribution in [0.2, 0.25) is 5.02 Å². The van der Waals surface area contributed by atoms with Crippen LogP contribution in [0.3, 0.4) is 0 Å². The zero-order chi connectivity index (χ0) is 62.4. The second kappa shape index (κ2) is 27.3. The molecule has 11 rings (SSSR count). The fraction of sp³-hybridized carbons (Fsp3) is 0.418. The molecule has 0 saturated carbocycles. The normalized spacial score (nSPS) is 18.4. The van der Waals surface area contributed by atoms with E-state index in [1.807, 2.05) is 30.3 Å². The third-order valence-electron chi connectivity index (χ3n) is 18.0. The molecular formula is C67H76ClN11O9S. The zero-order valence-electron chi connectivity index (χ0n) is 50.6. The molecule has 4 N–H and O–H groups in total. The molecule has 2 aromatic heterocycles. The van der Waals surface area contributed by atoms with Gasteiger partial charge in [-0.1, -0.05) is 61.1 Å². The van der Waals surface area contributed by atoms with Crippen LogP contribution in [0, 0.1) is 33.3 Å². The Hall–Kier alpha value is -8.13. The van der Waals surface area contributed by atoms with Gasteiger partial charge in [-0.05, 0) is 180 Å². The number of nitrogens with one attached hydrogen (secondary N) is 4. The van der Waals surface area contributed by atoms with Crippen LogP contribution in [0.5, 0.6) is 11.5 Å². The largest absolute Gasteiger partial charge is 0.455 e. The van der Waals surface area contributed by atoms with Gasteiger partial charge in [0.2, 0.25) is 11.8 Å². The molecule has 89 heavy (non-hydrogen) atoms. The highest BCUT2D eigenvalue weighted by Gasteiger charge is 2.40. The summed E-state index contributed by atoms with van der Waals surface area (Å²) in [6, 6.07) is 25.3. The van der Waals surface area contributed by atoms with Crippen LogP contribution in [0.1, 0.15) is 115 Å². The Balaban J connectivity index is 0.650. The van der Waals surface area contributed by atoms with E-state index in [1.54, 1.807) is 41.4 Å². The van der Waals surface area contributed by atoms with Crippen LogP contribution >= 0.6 is 11.6 Å². The molecule has 6 heterocycles. The molecule has 20 nitrogen and oxygen atoms in total. The van der Waals surface area contributed by atoms with Crippen molar-refractivity contribution >= 4 is 78.9 Å². The fourth-order valence-electron chi connectivity index (χ4n) is 12.8. The molecule has 0 radical (unpaired) electrons. The first kappa shape index (κ1) is 62.5. The van der Waals surface area contributed by atoms with Gasteiger partial charge in [-0.2, -0.15) is 0 Å². The summed E-state index contributed by atoms with van der Waals surface area (Å²) in [7, 11) is -2.51. The van der Waals surface area contributed by atoms with Crippen molar-refractivity contribution in [2.45, 2.75) is 95.5 Å². The van der Waals surface area contributed by atoms with E-state index in [0.717, 1.165) is 131 Å². The van der Waals surface area contributed by atoms with E-state index >= 15 is 0 Å². The fourth-order valence-corrected chi connectivity index (χ4v) is 13.9. The number of imide groups is 1. The van der Waals surface area contributed by atoms with Gasteiger partial charge in [0.1, 0.15) is 28.9 Å². The maximum absolute atomic E-state index is 14.2. The lowest BCUT2D eigenvalue weighted by atomic mass is 9.72. The number of hydrogen-bond donors (Lipinski definition) is 4. The van der Waals surface area contributed by atoms with E-state index in [-0.39, 0.29) is 46.6 Å². The van der Waals surface area contributed by atoms with Gasteiger partial charge in [0.15, 0.2) is 0 Å². The number of anilines is 2. The van der Waals surface area contributed by atoms with Crippen molar-refractivity contribution in [1.82, 2.24) is 39.6 Å². The Morgan fingerprint density at radius 2 is 1.71 bits per heavy atom. The number of nitro benzene ring substituents is 1. The molecule has 0 spiro atoms. The first-order valence-electron chi connectivity index (χ1n) is 30.8. The molecule has 1 aliphatic carbocycles. The number of hydrogen-bond acceptors (Lipinski definition) is 15. The van der Waals surface area contributed by atoms with Gasteiger partial charge >= 0.3 is 0 Å². The van der Waals surface area contributed by atoms with Gasteiger partial charge in [-0.3, -0.25) is 39.5 Å².